The predicted octanol–water partition coefficient (Wildman–Crippen LogP) is 1.47. The molecule has 4 nitrogen and oxygen atoms in total. The van der Waals surface area contributed by atoms with E-state index in [-0.39, 0.29) is 0 Å². The Kier molecular flexibility index (Phi) is 3.16. The minimum atomic E-state index is 0.570. The van der Waals surface area contributed by atoms with Crippen molar-refractivity contribution in [2.75, 3.05) is 13.7 Å². The van der Waals surface area contributed by atoms with Gasteiger partial charge in [0.2, 0.25) is 5.88 Å². The van der Waals surface area contributed by atoms with Crippen LogP contribution in [0.5, 0.6) is 5.88 Å². The van der Waals surface area contributed by atoms with Crippen molar-refractivity contribution in [3.05, 3.63) is 17.6 Å². The van der Waals surface area contributed by atoms with Gasteiger partial charge in [0.1, 0.15) is 5.82 Å². The maximum absolute atomic E-state index is 5.43. The molecule has 1 heterocycles. The van der Waals surface area contributed by atoms with Crippen LogP contribution in [-0.2, 0) is 6.54 Å². The fraction of sp³-hybridized carbons (Fsp3) is 0.636. The third kappa shape index (κ3) is 2.65. The minimum Gasteiger partial charge on any atom is -0.478 e. The SMILES string of the molecule is CCOc1cc(CNC)nc(C2CC2)n1. The third-order valence-electron chi connectivity index (χ3n) is 2.37. The van der Waals surface area contributed by atoms with Gasteiger partial charge >= 0.3 is 0 Å². The molecule has 0 aromatic carbocycles. The third-order valence-corrected chi connectivity index (χ3v) is 2.37. The monoisotopic (exact) mass is 207 g/mol. The van der Waals surface area contributed by atoms with Crippen molar-refractivity contribution < 1.29 is 4.74 Å². The summed E-state index contributed by atoms with van der Waals surface area (Å²) in [4.78, 5) is 8.92. The van der Waals surface area contributed by atoms with Crippen LogP contribution >= 0.6 is 0 Å². The molecule has 1 aromatic rings. The van der Waals surface area contributed by atoms with Crippen LogP contribution in [0.25, 0.3) is 0 Å². The molecule has 0 bridgehead atoms. The Morgan fingerprint density at radius 2 is 2.27 bits per heavy atom. The molecule has 0 amide bonds. The lowest BCUT2D eigenvalue weighted by Gasteiger charge is -2.07. The molecule has 2 rings (SSSR count). The van der Waals surface area contributed by atoms with Gasteiger partial charge in [-0.1, -0.05) is 0 Å². The molecular weight excluding hydrogens is 190 g/mol. The summed E-state index contributed by atoms with van der Waals surface area (Å²) in [6.45, 7) is 3.39. The molecule has 0 atom stereocenters. The molecule has 1 aliphatic carbocycles. The molecule has 82 valence electrons. The molecule has 0 spiro atoms. The van der Waals surface area contributed by atoms with E-state index < -0.39 is 0 Å². The van der Waals surface area contributed by atoms with Crippen LogP contribution < -0.4 is 10.1 Å². The summed E-state index contributed by atoms with van der Waals surface area (Å²) in [7, 11) is 1.92. The maximum Gasteiger partial charge on any atom is 0.216 e. The van der Waals surface area contributed by atoms with E-state index in [9.17, 15) is 0 Å². The van der Waals surface area contributed by atoms with E-state index in [1.807, 2.05) is 20.0 Å². The first-order valence-electron chi connectivity index (χ1n) is 5.48. The molecule has 15 heavy (non-hydrogen) atoms. The zero-order valence-electron chi connectivity index (χ0n) is 9.29. The van der Waals surface area contributed by atoms with Gasteiger partial charge in [0.05, 0.1) is 12.3 Å². The molecular formula is C11H17N3O. The molecule has 1 saturated carbocycles. The fourth-order valence-electron chi connectivity index (χ4n) is 1.51. The molecule has 0 unspecified atom stereocenters. The second kappa shape index (κ2) is 4.57. The largest absolute Gasteiger partial charge is 0.478 e. The van der Waals surface area contributed by atoms with Crippen LogP contribution in [0.2, 0.25) is 0 Å². The van der Waals surface area contributed by atoms with Crippen molar-refractivity contribution in [1.29, 1.82) is 0 Å². The van der Waals surface area contributed by atoms with Crippen LogP contribution in [-0.4, -0.2) is 23.6 Å². The van der Waals surface area contributed by atoms with Gasteiger partial charge in [0, 0.05) is 18.5 Å². The molecule has 1 aliphatic rings. The van der Waals surface area contributed by atoms with Crippen molar-refractivity contribution in [3.63, 3.8) is 0 Å². The molecule has 0 aliphatic heterocycles. The smallest absolute Gasteiger partial charge is 0.216 e. The Labute approximate surface area is 90.1 Å². The van der Waals surface area contributed by atoms with Crippen molar-refractivity contribution in [1.82, 2.24) is 15.3 Å². The highest BCUT2D eigenvalue weighted by molar-refractivity contribution is 5.19. The Balaban J connectivity index is 2.21. The molecule has 0 radical (unpaired) electrons. The number of nitrogens with one attached hydrogen (secondary N) is 1. The van der Waals surface area contributed by atoms with Crippen molar-refractivity contribution in [3.8, 4) is 5.88 Å². The molecule has 1 aromatic heterocycles. The van der Waals surface area contributed by atoms with Crippen LogP contribution in [0.3, 0.4) is 0 Å². The average molecular weight is 207 g/mol. The predicted molar refractivity (Wildman–Crippen MR) is 57.9 cm³/mol. The lowest BCUT2D eigenvalue weighted by atomic mass is 10.3. The van der Waals surface area contributed by atoms with E-state index in [1.54, 1.807) is 0 Å². The minimum absolute atomic E-state index is 0.570. The summed E-state index contributed by atoms with van der Waals surface area (Å²) in [6.07, 6.45) is 2.43. The highest BCUT2D eigenvalue weighted by Crippen LogP contribution is 2.38. The number of aromatic nitrogens is 2. The van der Waals surface area contributed by atoms with E-state index in [0.717, 1.165) is 18.1 Å². The zero-order valence-corrected chi connectivity index (χ0v) is 9.29. The summed E-state index contributed by atoms with van der Waals surface area (Å²) < 4.78 is 5.43. The Bertz CT molecular complexity index is 312. The number of ether oxygens (including phenoxy) is 1. The van der Waals surface area contributed by atoms with Gasteiger partial charge in [0.25, 0.3) is 0 Å². The van der Waals surface area contributed by atoms with Crippen LogP contribution in [0, 0.1) is 0 Å². The first kappa shape index (κ1) is 10.4. The van der Waals surface area contributed by atoms with Gasteiger partial charge < -0.3 is 10.1 Å². The van der Waals surface area contributed by atoms with Crippen molar-refractivity contribution in [2.24, 2.45) is 0 Å². The quantitative estimate of drug-likeness (QED) is 0.794. The van der Waals surface area contributed by atoms with E-state index in [2.05, 4.69) is 15.3 Å². The van der Waals surface area contributed by atoms with Gasteiger partial charge in [-0.05, 0) is 26.8 Å². The Morgan fingerprint density at radius 1 is 1.47 bits per heavy atom. The van der Waals surface area contributed by atoms with E-state index >= 15 is 0 Å². The standard InChI is InChI=1S/C11H17N3O/c1-3-15-10-6-9(7-12-2)13-11(14-10)8-4-5-8/h6,8,12H,3-5,7H2,1-2H3. The Hall–Kier alpha value is -1.16. The molecule has 1 fully saturated rings. The van der Waals surface area contributed by atoms with E-state index in [0.29, 0.717) is 18.4 Å². The topological polar surface area (TPSA) is 47.0 Å². The van der Waals surface area contributed by atoms with Crippen LogP contribution in [0.15, 0.2) is 6.07 Å². The molecule has 0 saturated heterocycles. The van der Waals surface area contributed by atoms with Gasteiger partial charge in [-0.2, -0.15) is 4.98 Å². The Morgan fingerprint density at radius 3 is 2.87 bits per heavy atom. The van der Waals surface area contributed by atoms with Gasteiger partial charge in [-0.25, -0.2) is 4.98 Å². The summed E-state index contributed by atoms with van der Waals surface area (Å²) >= 11 is 0. The fourth-order valence-corrected chi connectivity index (χ4v) is 1.51. The van der Waals surface area contributed by atoms with Gasteiger partial charge in [0.15, 0.2) is 0 Å². The summed E-state index contributed by atoms with van der Waals surface area (Å²) in [5, 5.41) is 3.09. The average Bonchev–Trinajstić information content (AvgIpc) is 3.01. The van der Waals surface area contributed by atoms with Gasteiger partial charge in [-0.3, -0.25) is 0 Å². The normalized spacial score (nSPS) is 15.3. The van der Waals surface area contributed by atoms with E-state index in [4.69, 9.17) is 4.74 Å². The highest BCUT2D eigenvalue weighted by atomic mass is 16.5. The van der Waals surface area contributed by atoms with Crippen LogP contribution in [0.1, 0.15) is 37.2 Å². The number of hydrogen-bond donors (Lipinski definition) is 1. The van der Waals surface area contributed by atoms with Crippen LogP contribution in [0.4, 0.5) is 0 Å². The summed E-state index contributed by atoms with van der Waals surface area (Å²) in [5.41, 5.74) is 1.01. The second-order valence-electron chi connectivity index (χ2n) is 3.79. The first-order valence-corrected chi connectivity index (χ1v) is 5.48. The highest BCUT2D eigenvalue weighted by Gasteiger charge is 2.27. The summed E-state index contributed by atoms with van der Waals surface area (Å²) in [5.74, 6) is 2.23. The number of rotatable bonds is 5. The van der Waals surface area contributed by atoms with Crippen molar-refractivity contribution >= 4 is 0 Å². The molecule has 4 heteroatoms. The van der Waals surface area contributed by atoms with Gasteiger partial charge in [-0.15, -0.1) is 0 Å². The first-order chi connectivity index (χ1) is 7.33. The zero-order chi connectivity index (χ0) is 10.7. The summed E-state index contributed by atoms with van der Waals surface area (Å²) in [6, 6.07) is 1.91. The number of nitrogens with zero attached hydrogens (tertiary/aromatic N) is 2. The lowest BCUT2D eigenvalue weighted by molar-refractivity contribution is 0.324. The lowest BCUT2D eigenvalue weighted by Crippen LogP contribution is -2.10. The van der Waals surface area contributed by atoms with E-state index in [1.165, 1.54) is 12.8 Å². The van der Waals surface area contributed by atoms with Crippen molar-refractivity contribution in [2.45, 2.75) is 32.2 Å². The second-order valence-corrected chi connectivity index (χ2v) is 3.79. The maximum atomic E-state index is 5.43. The number of hydrogen-bond acceptors (Lipinski definition) is 4. The molecule has 1 N–H and O–H groups in total.